The third kappa shape index (κ3) is 3.69. The summed E-state index contributed by atoms with van der Waals surface area (Å²) in [6.07, 6.45) is 0.720. The number of likely N-dealkylation sites (N-methyl/N-ethyl adjacent to an activating group) is 1. The molecule has 3 rings (SSSR count). The van der Waals surface area contributed by atoms with Crippen molar-refractivity contribution in [3.8, 4) is 6.07 Å². The summed E-state index contributed by atoms with van der Waals surface area (Å²) in [5, 5.41) is 15.9. The van der Waals surface area contributed by atoms with Crippen LogP contribution in [0.15, 0.2) is 28.8 Å². The SMILES string of the molecule is CC(C)c1noc([C@H]2C[C@H](NC(=O)c3ccc(C#N)cc3)CN2C)n1. The molecule has 7 nitrogen and oxygen atoms in total. The minimum absolute atomic E-state index is 0.00580. The standard InChI is InChI=1S/C18H21N5O2/c1-11(2)16-21-18(25-22-16)15-8-14(10-23(15)3)20-17(24)13-6-4-12(9-19)5-7-13/h4-7,11,14-15H,8,10H2,1-3H3,(H,20,24)/t14-,15+/m0/s1. The first kappa shape index (κ1) is 17.1. The van der Waals surface area contributed by atoms with E-state index in [0.29, 0.717) is 29.4 Å². The molecule has 2 atom stereocenters. The van der Waals surface area contributed by atoms with Crippen molar-refractivity contribution in [2.75, 3.05) is 13.6 Å². The Balaban J connectivity index is 1.64. The number of nitriles is 1. The van der Waals surface area contributed by atoms with Gasteiger partial charge in [-0.1, -0.05) is 19.0 Å². The molecule has 1 fully saturated rings. The number of likely N-dealkylation sites (tertiary alicyclic amines) is 1. The molecule has 1 amide bonds. The Kier molecular flexibility index (Phi) is 4.81. The van der Waals surface area contributed by atoms with E-state index in [1.807, 2.05) is 27.0 Å². The van der Waals surface area contributed by atoms with Gasteiger partial charge in [-0.15, -0.1) is 0 Å². The van der Waals surface area contributed by atoms with Crippen LogP contribution in [0.1, 0.15) is 59.9 Å². The van der Waals surface area contributed by atoms with E-state index in [2.05, 4.69) is 20.4 Å². The van der Waals surface area contributed by atoms with Gasteiger partial charge < -0.3 is 9.84 Å². The molecule has 0 aliphatic carbocycles. The zero-order chi connectivity index (χ0) is 18.0. The normalized spacial score (nSPS) is 20.6. The fraction of sp³-hybridized carbons (Fsp3) is 0.444. The highest BCUT2D eigenvalue weighted by molar-refractivity contribution is 5.94. The van der Waals surface area contributed by atoms with E-state index < -0.39 is 0 Å². The summed E-state index contributed by atoms with van der Waals surface area (Å²) in [4.78, 5) is 19.0. The molecule has 1 aliphatic rings. The maximum Gasteiger partial charge on any atom is 0.251 e. The Hall–Kier alpha value is -2.72. The van der Waals surface area contributed by atoms with Crippen molar-refractivity contribution < 1.29 is 9.32 Å². The van der Waals surface area contributed by atoms with Crippen LogP contribution >= 0.6 is 0 Å². The number of carbonyl (C=O) groups excluding carboxylic acids is 1. The van der Waals surface area contributed by atoms with E-state index >= 15 is 0 Å². The second-order valence-electron chi connectivity index (χ2n) is 6.70. The summed E-state index contributed by atoms with van der Waals surface area (Å²) < 4.78 is 5.40. The van der Waals surface area contributed by atoms with Gasteiger partial charge in [0, 0.05) is 24.1 Å². The molecular weight excluding hydrogens is 318 g/mol. The lowest BCUT2D eigenvalue weighted by Crippen LogP contribution is -2.36. The van der Waals surface area contributed by atoms with E-state index in [1.54, 1.807) is 24.3 Å². The summed E-state index contributed by atoms with van der Waals surface area (Å²) in [5.41, 5.74) is 1.08. The molecule has 7 heteroatoms. The quantitative estimate of drug-likeness (QED) is 0.918. The number of rotatable bonds is 4. The van der Waals surface area contributed by atoms with Crippen LogP contribution < -0.4 is 5.32 Å². The first-order valence-electron chi connectivity index (χ1n) is 8.32. The molecular formula is C18H21N5O2. The van der Waals surface area contributed by atoms with Crippen molar-refractivity contribution >= 4 is 5.91 Å². The number of hydrogen-bond donors (Lipinski definition) is 1. The molecule has 1 aromatic heterocycles. The summed E-state index contributed by atoms with van der Waals surface area (Å²) in [6, 6.07) is 8.67. The molecule has 2 aromatic rings. The van der Waals surface area contributed by atoms with Crippen molar-refractivity contribution in [3.05, 3.63) is 47.1 Å². The van der Waals surface area contributed by atoms with E-state index in [9.17, 15) is 4.79 Å². The number of nitrogens with one attached hydrogen (secondary N) is 1. The zero-order valence-electron chi connectivity index (χ0n) is 14.6. The van der Waals surface area contributed by atoms with E-state index in [4.69, 9.17) is 9.78 Å². The topological polar surface area (TPSA) is 95.0 Å². The maximum absolute atomic E-state index is 12.4. The third-order valence-electron chi connectivity index (χ3n) is 4.42. The molecule has 25 heavy (non-hydrogen) atoms. The molecule has 1 aliphatic heterocycles. The van der Waals surface area contributed by atoms with Gasteiger partial charge in [0.1, 0.15) is 0 Å². The monoisotopic (exact) mass is 339 g/mol. The third-order valence-corrected chi connectivity index (χ3v) is 4.42. The maximum atomic E-state index is 12.4. The molecule has 1 N–H and O–H groups in total. The lowest BCUT2D eigenvalue weighted by Gasteiger charge is -2.14. The van der Waals surface area contributed by atoms with Crippen LogP contribution in [0, 0.1) is 11.3 Å². The van der Waals surface area contributed by atoms with Crippen LogP contribution in [0.3, 0.4) is 0 Å². The van der Waals surface area contributed by atoms with Gasteiger partial charge in [-0.05, 0) is 37.7 Å². The van der Waals surface area contributed by atoms with Crippen LogP contribution in [0.4, 0.5) is 0 Å². The van der Waals surface area contributed by atoms with E-state index in [1.165, 1.54) is 0 Å². The highest BCUT2D eigenvalue weighted by atomic mass is 16.5. The van der Waals surface area contributed by atoms with Gasteiger partial charge in [-0.3, -0.25) is 9.69 Å². The molecule has 0 bridgehead atoms. The van der Waals surface area contributed by atoms with Crippen LogP contribution in [0.2, 0.25) is 0 Å². The van der Waals surface area contributed by atoms with Gasteiger partial charge in [-0.25, -0.2) is 0 Å². The largest absolute Gasteiger partial charge is 0.348 e. The lowest BCUT2D eigenvalue weighted by atomic mass is 10.1. The fourth-order valence-corrected chi connectivity index (χ4v) is 2.97. The Labute approximate surface area is 146 Å². The Morgan fingerprint density at radius 3 is 2.72 bits per heavy atom. The number of amides is 1. The Morgan fingerprint density at radius 2 is 2.12 bits per heavy atom. The summed E-state index contributed by atoms with van der Waals surface area (Å²) >= 11 is 0. The molecule has 0 unspecified atom stereocenters. The second-order valence-corrected chi connectivity index (χ2v) is 6.70. The minimum atomic E-state index is -0.142. The number of benzene rings is 1. The van der Waals surface area contributed by atoms with Crippen LogP contribution in [-0.2, 0) is 0 Å². The predicted molar refractivity (Wildman–Crippen MR) is 90.8 cm³/mol. The second kappa shape index (κ2) is 7.03. The summed E-state index contributed by atoms with van der Waals surface area (Å²) in [7, 11) is 1.98. The van der Waals surface area contributed by atoms with Crippen molar-refractivity contribution in [1.82, 2.24) is 20.4 Å². The van der Waals surface area contributed by atoms with Gasteiger partial charge in [0.2, 0.25) is 5.89 Å². The smallest absolute Gasteiger partial charge is 0.251 e. The van der Waals surface area contributed by atoms with Crippen LogP contribution in [0.25, 0.3) is 0 Å². The van der Waals surface area contributed by atoms with E-state index in [0.717, 1.165) is 6.42 Å². The molecule has 0 radical (unpaired) electrons. The minimum Gasteiger partial charge on any atom is -0.348 e. The van der Waals surface area contributed by atoms with Crippen LogP contribution in [0.5, 0.6) is 0 Å². The Bertz CT molecular complexity index is 791. The van der Waals surface area contributed by atoms with Gasteiger partial charge >= 0.3 is 0 Å². The fourth-order valence-electron chi connectivity index (χ4n) is 2.97. The average molecular weight is 339 g/mol. The molecule has 1 saturated heterocycles. The van der Waals surface area contributed by atoms with Crippen molar-refractivity contribution in [3.63, 3.8) is 0 Å². The number of carbonyl (C=O) groups is 1. The van der Waals surface area contributed by atoms with Crippen LogP contribution in [-0.4, -0.2) is 40.6 Å². The molecule has 0 spiro atoms. The predicted octanol–water partition coefficient (Wildman–Crippen LogP) is 2.24. The van der Waals surface area contributed by atoms with Crippen molar-refractivity contribution in [1.29, 1.82) is 5.26 Å². The number of hydrogen-bond acceptors (Lipinski definition) is 6. The molecule has 2 heterocycles. The highest BCUT2D eigenvalue weighted by Gasteiger charge is 2.35. The van der Waals surface area contributed by atoms with Crippen molar-refractivity contribution in [2.45, 2.75) is 38.3 Å². The van der Waals surface area contributed by atoms with Gasteiger partial charge in [0.25, 0.3) is 5.91 Å². The van der Waals surface area contributed by atoms with E-state index in [-0.39, 0.29) is 23.9 Å². The Morgan fingerprint density at radius 1 is 1.40 bits per heavy atom. The number of nitrogens with zero attached hydrogens (tertiary/aromatic N) is 4. The average Bonchev–Trinajstić information content (AvgIpc) is 3.21. The molecule has 1 aromatic carbocycles. The zero-order valence-corrected chi connectivity index (χ0v) is 14.6. The van der Waals surface area contributed by atoms with Crippen molar-refractivity contribution in [2.24, 2.45) is 0 Å². The summed E-state index contributed by atoms with van der Waals surface area (Å²) in [6.45, 7) is 4.76. The highest BCUT2D eigenvalue weighted by Crippen LogP contribution is 2.30. The molecule has 0 saturated carbocycles. The van der Waals surface area contributed by atoms with Gasteiger partial charge in [0.15, 0.2) is 5.82 Å². The molecule has 130 valence electrons. The number of aromatic nitrogens is 2. The first-order valence-corrected chi connectivity index (χ1v) is 8.32. The first-order chi connectivity index (χ1) is 12.0. The van der Waals surface area contributed by atoms with Gasteiger partial charge in [0.05, 0.1) is 17.7 Å². The van der Waals surface area contributed by atoms with Gasteiger partial charge in [-0.2, -0.15) is 10.2 Å². The lowest BCUT2D eigenvalue weighted by molar-refractivity contribution is 0.0938. The summed E-state index contributed by atoms with van der Waals surface area (Å²) in [5.74, 6) is 1.38.